The summed E-state index contributed by atoms with van der Waals surface area (Å²) in [6.45, 7) is 13.0. The Morgan fingerprint density at radius 1 is 1.38 bits per heavy atom. The van der Waals surface area contributed by atoms with Crippen molar-refractivity contribution >= 4 is 0 Å². The van der Waals surface area contributed by atoms with E-state index in [0.29, 0.717) is 0 Å². The van der Waals surface area contributed by atoms with Gasteiger partial charge in [-0.25, -0.2) is 0 Å². The van der Waals surface area contributed by atoms with Crippen molar-refractivity contribution < 1.29 is 0 Å². The Morgan fingerprint density at radius 2 is 2.08 bits per heavy atom. The predicted molar refractivity (Wildman–Crippen MR) is 57.9 cm³/mol. The van der Waals surface area contributed by atoms with Crippen molar-refractivity contribution in [3.8, 4) is 0 Å². The zero-order valence-electron chi connectivity index (χ0n) is 9.34. The molecule has 1 rings (SSSR count). The third-order valence-corrected chi connectivity index (χ3v) is 2.64. The van der Waals surface area contributed by atoms with Gasteiger partial charge in [-0.3, -0.25) is 0 Å². The summed E-state index contributed by atoms with van der Waals surface area (Å²) in [5.74, 6) is 1.80. The molecule has 0 saturated carbocycles. The van der Waals surface area contributed by atoms with Crippen LogP contribution in [-0.4, -0.2) is 37.6 Å². The summed E-state index contributed by atoms with van der Waals surface area (Å²) in [6, 6.07) is 0. The van der Waals surface area contributed by atoms with Crippen LogP contribution in [0.1, 0.15) is 27.2 Å². The molecule has 0 aromatic heterocycles. The maximum Gasteiger partial charge on any atom is 0.00226 e. The van der Waals surface area contributed by atoms with E-state index in [2.05, 4.69) is 31.0 Å². The highest BCUT2D eigenvalue weighted by molar-refractivity contribution is 4.80. The summed E-state index contributed by atoms with van der Waals surface area (Å²) >= 11 is 0. The Labute approximate surface area is 82.7 Å². The van der Waals surface area contributed by atoms with Crippen LogP contribution >= 0.6 is 0 Å². The summed E-state index contributed by atoms with van der Waals surface area (Å²) in [5, 5.41) is 3.38. The Hall–Kier alpha value is -0.0800. The van der Waals surface area contributed by atoms with E-state index in [4.69, 9.17) is 0 Å². The van der Waals surface area contributed by atoms with E-state index in [1.165, 1.54) is 32.6 Å². The van der Waals surface area contributed by atoms with Gasteiger partial charge in [0.05, 0.1) is 0 Å². The predicted octanol–water partition coefficient (Wildman–Crippen LogP) is 1.57. The van der Waals surface area contributed by atoms with Crippen molar-refractivity contribution in [1.82, 2.24) is 10.2 Å². The van der Waals surface area contributed by atoms with Gasteiger partial charge in [0.15, 0.2) is 0 Å². The fraction of sp³-hybridized carbons (Fsp3) is 1.00. The van der Waals surface area contributed by atoms with Gasteiger partial charge in [0.1, 0.15) is 0 Å². The Balaban J connectivity index is 1.92. The van der Waals surface area contributed by atoms with Crippen LogP contribution in [0.25, 0.3) is 0 Å². The van der Waals surface area contributed by atoms with Gasteiger partial charge in [-0.05, 0) is 31.3 Å². The molecular formula is C11H24N2. The largest absolute Gasteiger partial charge is 0.317 e. The van der Waals surface area contributed by atoms with Crippen molar-refractivity contribution in [3.63, 3.8) is 0 Å². The van der Waals surface area contributed by atoms with Crippen LogP contribution in [0.15, 0.2) is 0 Å². The van der Waals surface area contributed by atoms with Crippen LogP contribution in [0.2, 0.25) is 0 Å². The first kappa shape index (κ1) is 11.0. The highest BCUT2D eigenvalue weighted by Gasteiger charge is 2.25. The first-order chi connectivity index (χ1) is 6.22. The van der Waals surface area contributed by atoms with E-state index in [1.807, 2.05) is 0 Å². The maximum absolute atomic E-state index is 3.38. The van der Waals surface area contributed by atoms with Gasteiger partial charge >= 0.3 is 0 Å². The molecule has 0 radical (unpaired) electrons. The lowest BCUT2D eigenvalue weighted by molar-refractivity contribution is 0.0818. The van der Waals surface area contributed by atoms with Crippen molar-refractivity contribution in [3.05, 3.63) is 0 Å². The van der Waals surface area contributed by atoms with Gasteiger partial charge in [-0.15, -0.1) is 0 Å². The molecule has 1 aliphatic rings. The normalized spacial score (nSPS) is 19.4. The smallest absolute Gasteiger partial charge is 0.00226 e. The van der Waals surface area contributed by atoms with Gasteiger partial charge in [0.25, 0.3) is 0 Å². The molecule has 1 N–H and O–H groups in total. The topological polar surface area (TPSA) is 15.3 Å². The van der Waals surface area contributed by atoms with Crippen molar-refractivity contribution in [2.45, 2.75) is 27.2 Å². The van der Waals surface area contributed by atoms with Crippen LogP contribution in [0.3, 0.4) is 0 Å². The number of likely N-dealkylation sites (tertiary alicyclic amines) is 1. The van der Waals surface area contributed by atoms with Crippen LogP contribution in [0.5, 0.6) is 0 Å². The van der Waals surface area contributed by atoms with Gasteiger partial charge in [-0.2, -0.15) is 0 Å². The number of hydrogen-bond acceptors (Lipinski definition) is 2. The highest BCUT2D eigenvalue weighted by Crippen LogP contribution is 2.19. The summed E-state index contributed by atoms with van der Waals surface area (Å²) in [5.41, 5.74) is 0. The summed E-state index contributed by atoms with van der Waals surface area (Å²) in [4.78, 5) is 2.57. The van der Waals surface area contributed by atoms with Crippen LogP contribution < -0.4 is 5.32 Å². The molecule has 0 unspecified atom stereocenters. The standard InChI is InChI=1S/C11H24N2/c1-4-12-6-5-11-8-13(9-11)7-10(2)3/h10-12H,4-9H2,1-3H3. The van der Waals surface area contributed by atoms with E-state index in [-0.39, 0.29) is 0 Å². The van der Waals surface area contributed by atoms with Crippen molar-refractivity contribution in [2.75, 3.05) is 32.7 Å². The molecule has 1 heterocycles. The molecule has 2 nitrogen and oxygen atoms in total. The molecule has 0 aromatic rings. The van der Waals surface area contributed by atoms with E-state index in [0.717, 1.165) is 18.4 Å². The SMILES string of the molecule is CCNCCC1CN(CC(C)C)C1. The molecule has 0 atom stereocenters. The summed E-state index contributed by atoms with van der Waals surface area (Å²) in [7, 11) is 0. The van der Waals surface area contributed by atoms with Gasteiger partial charge < -0.3 is 10.2 Å². The quantitative estimate of drug-likeness (QED) is 0.630. The third kappa shape index (κ3) is 4.10. The van der Waals surface area contributed by atoms with Gasteiger partial charge in [-0.1, -0.05) is 20.8 Å². The monoisotopic (exact) mass is 184 g/mol. The lowest BCUT2D eigenvalue weighted by Crippen LogP contribution is -2.48. The molecule has 13 heavy (non-hydrogen) atoms. The number of nitrogens with one attached hydrogen (secondary N) is 1. The number of nitrogens with zero attached hydrogens (tertiary/aromatic N) is 1. The van der Waals surface area contributed by atoms with E-state index < -0.39 is 0 Å². The third-order valence-electron chi connectivity index (χ3n) is 2.64. The molecule has 1 saturated heterocycles. The van der Waals surface area contributed by atoms with Crippen molar-refractivity contribution in [1.29, 1.82) is 0 Å². The lowest BCUT2D eigenvalue weighted by Gasteiger charge is -2.40. The minimum absolute atomic E-state index is 0.828. The summed E-state index contributed by atoms with van der Waals surface area (Å²) in [6.07, 6.45) is 1.36. The molecule has 0 aromatic carbocycles. The van der Waals surface area contributed by atoms with Gasteiger partial charge in [0.2, 0.25) is 0 Å². The second kappa shape index (κ2) is 5.61. The molecular weight excluding hydrogens is 160 g/mol. The molecule has 0 bridgehead atoms. The highest BCUT2D eigenvalue weighted by atomic mass is 15.2. The fourth-order valence-corrected chi connectivity index (χ4v) is 2.01. The van der Waals surface area contributed by atoms with E-state index in [1.54, 1.807) is 0 Å². The van der Waals surface area contributed by atoms with Crippen LogP contribution in [0, 0.1) is 11.8 Å². The van der Waals surface area contributed by atoms with Gasteiger partial charge in [0, 0.05) is 19.6 Å². The molecule has 0 amide bonds. The second-order valence-electron chi connectivity index (χ2n) is 4.62. The van der Waals surface area contributed by atoms with E-state index in [9.17, 15) is 0 Å². The minimum Gasteiger partial charge on any atom is -0.317 e. The zero-order valence-corrected chi connectivity index (χ0v) is 9.34. The molecule has 78 valence electrons. The second-order valence-corrected chi connectivity index (χ2v) is 4.62. The Kier molecular flexibility index (Phi) is 4.74. The zero-order chi connectivity index (χ0) is 9.68. The molecule has 0 aliphatic carbocycles. The fourth-order valence-electron chi connectivity index (χ4n) is 2.01. The van der Waals surface area contributed by atoms with E-state index >= 15 is 0 Å². The first-order valence-corrected chi connectivity index (χ1v) is 5.65. The van der Waals surface area contributed by atoms with Crippen LogP contribution in [-0.2, 0) is 0 Å². The minimum atomic E-state index is 0.828. The maximum atomic E-state index is 3.38. The average Bonchev–Trinajstić information content (AvgIpc) is 1.99. The van der Waals surface area contributed by atoms with Crippen molar-refractivity contribution in [2.24, 2.45) is 11.8 Å². The molecule has 1 fully saturated rings. The Bertz CT molecular complexity index is 128. The molecule has 0 spiro atoms. The Morgan fingerprint density at radius 3 is 2.62 bits per heavy atom. The lowest BCUT2D eigenvalue weighted by atomic mass is 9.95. The molecule has 2 heteroatoms. The molecule has 1 aliphatic heterocycles. The first-order valence-electron chi connectivity index (χ1n) is 5.65. The summed E-state index contributed by atoms with van der Waals surface area (Å²) < 4.78 is 0. The number of rotatable bonds is 6. The average molecular weight is 184 g/mol. The number of hydrogen-bond donors (Lipinski definition) is 1. The van der Waals surface area contributed by atoms with Crippen LogP contribution in [0.4, 0.5) is 0 Å².